The molecule has 0 aliphatic heterocycles. The predicted octanol–water partition coefficient (Wildman–Crippen LogP) is 4.66. The minimum Gasteiger partial charge on any atom is -0.342 e. The van der Waals surface area contributed by atoms with Gasteiger partial charge in [-0.3, -0.25) is 4.79 Å². The summed E-state index contributed by atoms with van der Waals surface area (Å²) in [6.07, 6.45) is 6.02. The van der Waals surface area contributed by atoms with Gasteiger partial charge in [-0.05, 0) is 23.8 Å². The van der Waals surface area contributed by atoms with Crippen LogP contribution in [-0.4, -0.2) is 44.4 Å². The van der Waals surface area contributed by atoms with E-state index in [1.54, 1.807) is 0 Å². The zero-order valence-electron chi connectivity index (χ0n) is 17.7. The zero-order valence-corrected chi connectivity index (χ0v) is 18.6. The summed E-state index contributed by atoms with van der Waals surface area (Å²) in [4.78, 5) is 14.5. The second-order valence-corrected chi connectivity index (χ2v) is 9.72. The van der Waals surface area contributed by atoms with Crippen molar-refractivity contribution in [3.63, 3.8) is 0 Å². The molecular formula is C22H32N4OS. The maximum absolute atomic E-state index is 12.6. The van der Waals surface area contributed by atoms with Crippen molar-refractivity contribution < 1.29 is 4.79 Å². The summed E-state index contributed by atoms with van der Waals surface area (Å²) in [6.45, 7) is 6.63. The number of aromatic nitrogens is 3. The van der Waals surface area contributed by atoms with Gasteiger partial charge in [0.25, 0.3) is 0 Å². The molecule has 3 rings (SSSR count). The average Bonchev–Trinajstić information content (AvgIpc) is 3.06. The minimum absolute atomic E-state index is 0.129. The molecule has 5 nitrogen and oxygen atoms in total. The summed E-state index contributed by atoms with van der Waals surface area (Å²) in [7, 11) is 3.91. The molecule has 1 saturated carbocycles. The molecule has 152 valence electrons. The van der Waals surface area contributed by atoms with Gasteiger partial charge in [0.15, 0.2) is 11.0 Å². The maximum atomic E-state index is 12.6. The van der Waals surface area contributed by atoms with Crippen LogP contribution in [0.5, 0.6) is 0 Å². The van der Waals surface area contributed by atoms with Crippen LogP contribution in [0.2, 0.25) is 0 Å². The molecule has 0 radical (unpaired) electrons. The van der Waals surface area contributed by atoms with E-state index in [2.05, 4.69) is 55.2 Å². The van der Waals surface area contributed by atoms with E-state index in [9.17, 15) is 4.79 Å². The summed E-state index contributed by atoms with van der Waals surface area (Å²) in [5, 5.41) is 9.45. The van der Waals surface area contributed by atoms with Crippen LogP contribution in [0.4, 0.5) is 0 Å². The highest BCUT2D eigenvalue weighted by Gasteiger charge is 2.23. The largest absolute Gasteiger partial charge is 0.342 e. The molecule has 28 heavy (non-hydrogen) atoms. The molecule has 6 heteroatoms. The number of hydrogen-bond donors (Lipinski definition) is 0. The lowest BCUT2D eigenvalue weighted by Crippen LogP contribution is -2.39. The van der Waals surface area contributed by atoms with Crippen molar-refractivity contribution in [2.45, 2.75) is 69.5 Å². The van der Waals surface area contributed by atoms with Crippen molar-refractivity contribution in [2.75, 3.05) is 12.8 Å². The first-order valence-electron chi connectivity index (χ1n) is 10.2. The van der Waals surface area contributed by atoms with E-state index in [1.165, 1.54) is 36.6 Å². The van der Waals surface area contributed by atoms with Gasteiger partial charge < -0.3 is 9.47 Å². The monoisotopic (exact) mass is 400 g/mol. The van der Waals surface area contributed by atoms with E-state index in [4.69, 9.17) is 0 Å². The number of hydrogen-bond acceptors (Lipinski definition) is 4. The highest BCUT2D eigenvalue weighted by Crippen LogP contribution is 2.27. The van der Waals surface area contributed by atoms with Gasteiger partial charge in [-0.25, -0.2) is 0 Å². The standard InChI is InChI=1S/C22H32N4OS/c1-22(2,3)17-13-11-16(12-14-17)20-23-24-21(26(20)5)28-15-19(27)25(4)18-9-7-6-8-10-18/h11-14,18H,6-10,15H2,1-5H3. The normalized spacial score (nSPS) is 15.6. The molecule has 1 aliphatic rings. The summed E-state index contributed by atoms with van der Waals surface area (Å²) >= 11 is 1.47. The molecule has 1 heterocycles. The van der Waals surface area contributed by atoms with Crippen LogP contribution < -0.4 is 0 Å². The Labute approximate surface area is 172 Å². The predicted molar refractivity (Wildman–Crippen MR) is 116 cm³/mol. The first-order chi connectivity index (χ1) is 13.3. The van der Waals surface area contributed by atoms with Crippen LogP contribution in [0.15, 0.2) is 29.4 Å². The Morgan fingerprint density at radius 1 is 1.14 bits per heavy atom. The molecule has 1 fully saturated rings. The first kappa shape index (κ1) is 20.9. The third kappa shape index (κ3) is 4.77. The summed E-state index contributed by atoms with van der Waals surface area (Å²) in [5.41, 5.74) is 2.47. The average molecular weight is 401 g/mol. The molecule has 0 N–H and O–H groups in total. The Morgan fingerprint density at radius 2 is 1.79 bits per heavy atom. The fourth-order valence-electron chi connectivity index (χ4n) is 3.71. The molecule has 1 aromatic heterocycles. The van der Waals surface area contributed by atoms with Crippen molar-refractivity contribution in [3.8, 4) is 11.4 Å². The molecule has 0 bridgehead atoms. The Bertz CT molecular complexity index is 801. The maximum Gasteiger partial charge on any atom is 0.233 e. The van der Waals surface area contributed by atoms with E-state index in [0.717, 1.165) is 29.4 Å². The van der Waals surface area contributed by atoms with Gasteiger partial charge in [-0.15, -0.1) is 10.2 Å². The van der Waals surface area contributed by atoms with Gasteiger partial charge in [0.05, 0.1) is 5.75 Å². The van der Waals surface area contributed by atoms with Crippen molar-refractivity contribution >= 4 is 17.7 Å². The number of nitrogens with zero attached hydrogens (tertiary/aromatic N) is 4. The fourth-order valence-corrected chi connectivity index (χ4v) is 4.55. The van der Waals surface area contributed by atoms with Crippen molar-refractivity contribution in [1.82, 2.24) is 19.7 Å². The van der Waals surface area contributed by atoms with Gasteiger partial charge >= 0.3 is 0 Å². The lowest BCUT2D eigenvalue weighted by molar-refractivity contribution is -0.129. The molecule has 2 aromatic rings. The quantitative estimate of drug-likeness (QED) is 0.685. The molecular weight excluding hydrogens is 368 g/mol. The first-order valence-corrected chi connectivity index (χ1v) is 11.1. The molecule has 1 aliphatic carbocycles. The van der Waals surface area contributed by atoms with Crippen molar-refractivity contribution in [3.05, 3.63) is 29.8 Å². The topological polar surface area (TPSA) is 51.0 Å². The summed E-state index contributed by atoms with van der Waals surface area (Å²) in [6, 6.07) is 8.90. The molecule has 1 amide bonds. The van der Waals surface area contributed by atoms with E-state index >= 15 is 0 Å². The van der Waals surface area contributed by atoms with Gasteiger partial charge in [0.1, 0.15) is 0 Å². The van der Waals surface area contributed by atoms with Crippen LogP contribution in [-0.2, 0) is 17.3 Å². The van der Waals surface area contributed by atoms with Gasteiger partial charge in [-0.1, -0.05) is 76.1 Å². The number of thioether (sulfide) groups is 1. The van der Waals surface area contributed by atoms with E-state index in [0.29, 0.717) is 11.8 Å². The van der Waals surface area contributed by atoms with Crippen LogP contribution >= 0.6 is 11.8 Å². The SMILES string of the molecule is CN(C(=O)CSc1nnc(-c2ccc(C(C)(C)C)cc2)n1C)C1CCCCC1. The van der Waals surface area contributed by atoms with Gasteiger partial charge in [0, 0.05) is 25.7 Å². The molecule has 0 saturated heterocycles. The second kappa shape index (κ2) is 8.68. The highest BCUT2D eigenvalue weighted by molar-refractivity contribution is 7.99. The Balaban J connectivity index is 1.63. The summed E-state index contributed by atoms with van der Waals surface area (Å²) in [5.74, 6) is 1.41. The Kier molecular flexibility index (Phi) is 6.48. The van der Waals surface area contributed by atoms with E-state index in [1.807, 2.05) is 23.6 Å². The van der Waals surface area contributed by atoms with E-state index in [-0.39, 0.29) is 11.3 Å². The third-order valence-corrected chi connectivity index (χ3v) is 6.69. The molecule has 0 atom stereocenters. The number of amides is 1. The highest BCUT2D eigenvalue weighted by atomic mass is 32.2. The minimum atomic E-state index is 0.129. The zero-order chi connectivity index (χ0) is 20.3. The number of carbonyl (C=O) groups is 1. The Morgan fingerprint density at radius 3 is 2.39 bits per heavy atom. The number of rotatable bonds is 5. The van der Waals surface area contributed by atoms with E-state index < -0.39 is 0 Å². The number of benzene rings is 1. The van der Waals surface area contributed by atoms with Crippen LogP contribution in [0.25, 0.3) is 11.4 Å². The number of carbonyl (C=O) groups excluding carboxylic acids is 1. The molecule has 0 spiro atoms. The second-order valence-electron chi connectivity index (χ2n) is 8.78. The third-order valence-electron chi connectivity index (χ3n) is 5.68. The van der Waals surface area contributed by atoms with Gasteiger partial charge in [0.2, 0.25) is 5.91 Å². The lowest BCUT2D eigenvalue weighted by atomic mass is 9.87. The van der Waals surface area contributed by atoms with Gasteiger partial charge in [-0.2, -0.15) is 0 Å². The Hall–Kier alpha value is -1.82. The fraction of sp³-hybridized carbons (Fsp3) is 0.591. The smallest absolute Gasteiger partial charge is 0.233 e. The van der Waals surface area contributed by atoms with Crippen LogP contribution in [0.1, 0.15) is 58.4 Å². The van der Waals surface area contributed by atoms with Crippen LogP contribution in [0, 0.1) is 0 Å². The molecule has 1 aromatic carbocycles. The van der Waals surface area contributed by atoms with Crippen molar-refractivity contribution in [1.29, 1.82) is 0 Å². The van der Waals surface area contributed by atoms with Crippen LogP contribution in [0.3, 0.4) is 0 Å². The lowest BCUT2D eigenvalue weighted by Gasteiger charge is -2.31. The molecule has 0 unspecified atom stereocenters. The summed E-state index contributed by atoms with van der Waals surface area (Å²) < 4.78 is 1.98. The van der Waals surface area contributed by atoms with Crippen molar-refractivity contribution in [2.24, 2.45) is 7.05 Å².